The van der Waals surface area contributed by atoms with Gasteiger partial charge in [0.2, 0.25) is 0 Å². The van der Waals surface area contributed by atoms with E-state index < -0.39 is 24.0 Å². The highest BCUT2D eigenvalue weighted by molar-refractivity contribution is 5.85. The van der Waals surface area contributed by atoms with E-state index in [2.05, 4.69) is 0 Å². The molecule has 0 aliphatic rings. The molecular formula is C9H11ClF3NO. The number of rotatable bonds is 2. The highest BCUT2D eigenvalue weighted by atomic mass is 35.5. The standard InChI is InChI=1S/C9H10F3NO.ClH/c1-4-2-3-5(7(13)9(11)12)8(14)6(4)10;/h2-3,7,9,14H,13H2,1H3;1H/t7-;/m0./s1. The van der Waals surface area contributed by atoms with Gasteiger partial charge in [-0.05, 0) is 12.5 Å². The molecule has 0 fully saturated rings. The summed E-state index contributed by atoms with van der Waals surface area (Å²) in [6.45, 7) is 1.42. The summed E-state index contributed by atoms with van der Waals surface area (Å²) < 4.78 is 37.4. The van der Waals surface area contributed by atoms with Crippen LogP contribution < -0.4 is 5.73 Å². The van der Waals surface area contributed by atoms with Crippen molar-refractivity contribution in [1.29, 1.82) is 0 Å². The summed E-state index contributed by atoms with van der Waals surface area (Å²) in [6.07, 6.45) is -2.83. The van der Waals surface area contributed by atoms with E-state index in [1.807, 2.05) is 0 Å². The monoisotopic (exact) mass is 241 g/mol. The average Bonchev–Trinajstić information content (AvgIpc) is 2.13. The Morgan fingerprint density at radius 3 is 2.33 bits per heavy atom. The Labute approximate surface area is 91.3 Å². The molecule has 0 amide bonds. The number of nitrogens with two attached hydrogens (primary N) is 1. The number of halogens is 4. The average molecular weight is 242 g/mol. The molecule has 0 heterocycles. The number of benzene rings is 1. The van der Waals surface area contributed by atoms with Crippen LogP contribution in [0.1, 0.15) is 17.2 Å². The molecule has 15 heavy (non-hydrogen) atoms. The third-order valence-corrected chi connectivity index (χ3v) is 1.97. The van der Waals surface area contributed by atoms with Crippen molar-refractivity contribution in [3.63, 3.8) is 0 Å². The Hall–Kier alpha value is -0.940. The van der Waals surface area contributed by atoms with Gasteiger partial charge in [-0.2, -0.15) is 0 Å². The van der Waals surface area contributed by atoms with Crippen LogP contribution in [0.25, 0.3) is 0 Å². The minimum Gasteiger partial charge on any atom is -0.505 e. The van der Waals surface area contributed by atoms with Crippen LogP contribution in [0.5, 0.6) is 5.75 Å². The maximum atomic E-state index is 13.1. The molecule has 1 aromatic rings. The first-order chi connectivity index (χ1) is 6.45. The van der Waals surface area contributed by atoms with E-state index in [1.165, 1.54) is 19.1 Å². The van der Waals surface area contributed by atoms with Crippen LogP contribution in [0.3, 0.4) is 0 Å². The summed E-state index contributed by atoms with van der Waals surface area (Å²) in [5.41, 5.74) is 4.99. The van der Waals surface area contributed by atoms with E-state index in [0.717, 1.165) is 0 Å². The number of hydrogen-bond acceptors (Lipinski definition) is 2. The second-order valence-corrected chi connectivity index (χ2v) is 2.99. The number of aromatic hydroxyl groups is 1. The van der Waals surface area contributed by atoms with Gasteiger partial charge in [-0.25, -0.2) is 13.2 Å². The summed E-state index contributed by atoms with van der Waals surface area (Å²) >= 11 is 0. The molecule has 0 saturated carbocycles. The van der Waals surface area contributed by atoms with Gasteiger partial charge in [0.25, 0.3) is 6.43 Å². The van der Waals surface area contributed by atoms with Crippen LogP contribution in [0, 0.1) is 12.7 Å². The zero-order chi connectivity index (χ0) is 10.9. The molecule has 3 N–H and O–H groups in total. The van der Waals surface area contributed by atoms with Crippen molar-refractivity contribution in [1.82, 2.24) is 0 Å². The van der Waals surface area contributed by atoms with Crippen molar-refractivity contribution >= 4 is 12.4 Å². The van der Waals surface area contributed by atoms with Gasteiger partial charge in [0.1, 0.15) is 0 Å². The van der Waals surface area contributed by atoms with Gasteiger partial charge in [0.05, 0.1) is 6.04 Å². The molecule has 1 aromatic carbocycles. The smallest absolute Gasteiger partial charge is 0.257 e. The van der Waals surface area contributed by atoms with Crippen LogP contribution >= 0.6 is 12.4 Å². The first kappa shape index (κ1) is 14.1. The number of aryl methyl sites for hydroxylation is 1. The van der Waals surface area contributed by atoms with Gasteiger partial charge >= 0.3 is 0 Å². The van der Waals surface area contributed by atoms with Crippen LogP contribution in [-0.2, 0) is 0 Å². The largest absolute Gasteiger partial charge is 0.505 e. The topological polar surface area (TPSA) is 46.2 Å². The maximum absolute atomic E-state index is 13.1. The van der Waals surface area contributed by atoms with Crippen LogP contribution in [0.2, 0.25) is 0 Å². The van der Waals surface area contributed by atoms with Crippen LogP contribution in [0.15, 0.2) is 12.1 Å². The summed E-state index contributed by atoms with van der Waals surface area (Å²) in [6, 6.07) is 0.835. The molecule has 2 nitrogen and oxygen atoms in total. The molecule has 0 saturated heterocycles. The lowest BCUT2D eigenvalue weighted by Gasteiger charge is -2.13. The molecule has 0 bridgehead atoms. The Morgan fingerprint density at radius 2 is 1.87 bits per heavy atom. The van der Waals surface area contributed by atoms with Crippen molar-refractivity contribution in [3.05, 3.63) is 29.1 Å². The van der Waals surface area contributed by atoms with Gasteiger partial charge in [-0.1, -0.05) is 12.1 Å². The number of phenolic OH excluding ortho intramolecular Hbond substituents is 1. The molecule has 0 unspecified atom stereocenters. The highest BCUT2D eigenvalue weighted by Crippen LogP contribution is 2.30. The number of phenols is 1. The van der Waals surface area contributed by atoms with Gasteiger partial charge < -0.3 is 10.8 Å². The second-order valence-electron chi connectivity index (χ2n) is 2.99. The highest BCUT2D eigenvalue weighted by Gasteiger charge is 2.22. The zero-order valence-electron chi connectivity index (χ0n) is 7.88. The molecule has 0 aromatic heterocycles. The third-order valence-electron chi connectivity index (χ3n) is 1.97. The third kappa shape index (κ3) is 2.76. The Bertz CT molecular complexity index is 346. The van der Waals surface area contributed by atoms with Gasteiger partial charge in [-0.15, -0.1) is 12.4 Å². The van der Waals surface area contributed by atoms with E-state index in [0.29, 0.717) is 0 Å². The molecule has 1 atom stereocenters. The normalized spacial score (nSPS) is 12.4. The van der Waals surface area contributed by atoms with E-state index in [4.69, 9.17) is 5.73 Å². The summed E-state index contributed by atoms with van der Waals surface area (Å²) in [4.78, 5) is 0. The van der Waals surface area contributed by atoms with Crippen molar-refractivity contribution in [2.45, 2.75) is 19.4 Å². The summed E-state index contributed by atoms with van der Waals surface area (Å²) in [7, 11) is 0. The molecule has 0 spiro atoms. The first-order valence-electron chi connectivity index (χ1n) is 3.97. The fourth-order valence-electron chi connectivity index (χ4n) is 1.09. The predicted molar refractivity (Wildman–Crippen MR) is 53.0 cm³/mol. The predicted octanol–water partition coefficient (Wildman–Crippen LogP) is 2.53. The zero-order valence-corrected chi connectivity index (χ0v) is 8.69. The SMILES string of the molecule is Cc1ccc([C@H](N)C(F)F)c(O)c1F.Cl. The lowest BCUT2D eigenvalue weighted by Crippen LogP contribution is -2.19. The maximum Gasteiger partial charge on any atom is 0.257 e. The first-order valence-corrected chi connectivity index (χ1v) is 3.97. The van der Waals surface area contributed by atoms with Gasteiger partial charge in [0, 0.05) is 5.56 Å². The van der Waals surface area contributed by atoms with Gasteiger partial charge in [-0.3, -0.25) is 0 Å². The lowest BCUT2D eigenvalue weighted by atomic mass is 10.0. The van der Waals surface area contributed by atoms with Crippen molar-refractivity contribution in [2.24, 2.45) is 5.73 Å². The molecule has 6 heteroatoms. The molecule has 0 radical (unpaired) electrons. The van der Waals surface area contributed by atoms with Crippen molar-refractivity contribution in [2.75, 3.05) is 0 Å². The van der Waals surface area contributed by atoms with E-state index in [-0.39, 0.29) is 23.5 Å². The molecule has 86 valence electrons. The lowest BCUT2D eigenvalue weighted by molar-refractivity contribution is 0.115. The molecule has 0 aliphatic heterocycles. The van der Waals surface area contributed by atoms with E-state index in [9.17, 15) is 18.3 Å². The minimum absolute atomic E-state index is 0. The quantitative estimate of drug-likeness (QED) is 0.836. The summed E-state index contributed by atoms with van der Waals surface area (Å²) in [5.74, 6) is -1.70. The van der Waals surface area contributed by atoms with E-state index in [1.54, 1.807) is 0 Å². The van der Waals surface area contributed by atoms with Crippen molar-refractivity contribution in [3.8, 4) is 5.75 Å². The minimum atomic E-state index is -2.83. The fraction of sp³-hybridized carbons (Fsp3) is 0.333. The van der Waals surface area contributed by atoms with E-state index >= 15 is 0 Å². The molecular weight excluding hydrogens is 231 g/mol. The van der Waals surface area contributed by atoms with Crippen molar-refractivity contribution < 1.29 is 18.3 Å². The Morgan fingerprint density at radius 1 is 1.33 bits per heavy atom. The van der Waals surface area contributed by atoms with Crippen LogP contribution in [0.4, 0.5) is 13.2 Å². The fourth-order valence-corrected chi connectivity index (χ4v) is 1.09. The Kier molecular flexibility index (Phi) is 4.90. The Balaban J connectivity index is 0.00000196. The van der Waals surface area contributed by atoms with Gasteiger partial charge in [0.15, 0.2) is 11.6 Å². The number of hydrogen-bond donors (Lipinski definition) is 2. The molecule has 0 aliphatic carbocycles. The summed E-state index contributed by atoms with van der Waals surface area (Å²) in [5, 5.41) is 9.21. The second kappa shape index (κ2) is 5.23. The van der Waals surface area contributed by atoms with Crippen LogP contribution in [-0.4, -0.2) is 11.5 Å². The molecule has 1 rings (SSSR count). The number of alkyl halides is 2.